The third-order valence-corrected chi connectivity index (χ3v) is 2.76. The van der Waals surface area contributed by atoms with Gasteiger partial charge in [-0.2, -0.15) is 5.10 Å². The fourth-order valence-corrected chi connectivity index (χ4v) is 1.84. The molecule has 0 saturated carbocycles. The molecule has 1 heterocycles. The number of benzene rings is 1. The summed E-state index contributed by atoms with van der Waals surface area (Å²) in [6.07, 6.45) is 0.717. The Hall–Kier alpha value is -2.17. The number of carboxylic acids is 1. The summed E-state index contributed by atoms with van der Waals surface area (Å²) in [5.41, 5.74) is 2.04. The number of aromatic nitrogens is 2. The van der Waals surface area contributed by atoms with Crippen molar-refractivity contribution in [3.05, 3.63) is 41.3 Å². The molecule has 0 amide bonds. The summed E-state index contributed by atoms with van der Waals surface area (Å²) in [6.45, 7) is 1.93. The van der Waals surface area contributed by atoms with Crippen LogP contribution < -0.4 is 0 Å². The number of carboxylic acid groups (broad SMARTS) is 1. The summed E-state index contributed by atoms with van der Waals surface area (Å²) in [5.74, 6) is -1.42. The monoisotopic (exact) mass is 248 g/mol. The smallest absolute Gasteiger partial charge is 0.356 e. The Bertz CT molecular complexity index is 605. The maximum Gasteiger partial charge on any atom is 0.356 e. The van der Waals surface area contributed by atoms with Gasteiger partial charge in [0.15, 0.2) is 5.69 Å². The molecule has 0 aliphatic carbocycles. The van der Waals surface area contributed by atoms with Crippen LogP contribution in [0.15, 0.2) is 24.3 Å². The van der Waals surface area contributed by atoms with Crippen molar-refractivity contribution >= 4 is 5.97 Å². The van der Waals surface area contributed by atoms with Gasteiger partial charge in [0.05, 0.1) is 5.69 Å². The zero-order valence-electron chi connectivity index (χ0n) is 10.1. The Morgan fingerprint density at radius 2 is 2.11 bits per heavy atom. The van der Waals surface area contributed by atoms with E-state index in [-0.39, 0.29) is 11.5 Å². The van der Waals surface area contributed by atoms with Crippen LogP contribution in [0, 0.1) is 5.82 Å². The van der Waals surface area contributed by atoms with Gasteiger partial charge in [0.1, 0.15) is 5.82 Å². The highest BCUT2D eigenvalue weighted by atomic mass is 19.1. The molecule has 0 aliphatic heterocycles. The van der Waals surface area contributed by atoms with E-state index in [9.17, 15) is 9.18 Å². The van der Waals surface area contributed by atoms with Gasteiger partial charge in [-0.15, -0.1) is 0 Å². The molecule has 0 saturated heterocycles. The summed E-state index contributed by atoms with van der Waals surface area (Å²) >= 11 is 0. The number of rotatable bonds is 3. The standard InChI is InChI=1S/C13H13FN2O2/c1-3-8-4-9(6-10(14)5-8)12-7-11(13(17)18)15-16(12)2/h4-7H,3H2,1-2H3,(H,17,18). The highest BCUT2D eigenvalue weighted by Gasteiger charge is 2.13. The van der Waals surface area contributed by atoms with Gasteiger partial charge in [0.2, 0.25) is 0 Å². The van der Waals surface area contributed by atoms with E-state index in [2.05, 4.69) is 5.10 Å². The molecule has 94 valence electrons. The van der Waals surface area contributed by atoms with Crippen molar-refractivity contribution in [3.63, 3.8) is 0 Å². The molecule has 2 rings (SSSR count). The number of nitrogens with zero attached hydrogens (tertiary/aromatic N) is 2. The van der Waals surface area contributed by atoms with E-state index in [4.69, 9.17) is 5.11 Å². The largest absolute Gasteiger partial charge is 0.476 e. The topological polar surface area (TPSA) is 55.1 Å². The van der Waals surface area contributed by atoms with Gasteiger partial charge in [-0.1, -0.05) is 6.92 Å². The molecule has 1 aromatic carbocycles. The maximum atomic E-state index is 13.5. The van der Waals surface area contributed by atoms with Gasteiger partial charge in [0.25, 0.3) is 0 Å². The lowest BCUT2D eigenvalue weighted by Gasteiger charge is -2.05. The van der Waals surface area contributed by atoms with Gasteiger partial charge in [-0.3, -0.25) is 4.68 Å². The number of carbonyl (C=O) groups is 1. The number of hydrogen-bond donors (Lipinski definition) is 1. The summed E-state index contributed by atoms with van der Waals surface area (Å²) in [5, 5.41) is 12.7. The quantitative estimate of drug-likeness (QED) is 0.907. The molecule has 0 atom stereocenters. The Kier molecular flexibility index (Phi) is 3.14. The van der Waals surface area contributed by atoms with Crippen LogP contribution in [0.25, 0.3) is 11.3 Å². The van der Waals surface area contributed by atoms with Crippen molar-refractivity contribution in [2.24, 2.45) is 7.05 Å². The highest BCUT2D eigenvalue weighted by molar-refractivity contribution is 5.87. The molecule has 18 heavy (non-hydrogen) atoms. The van der Waals surface area contributed by atoms with Crippen molar-refractivity contribution in [1.29, 1.82) is 0 Å². The lowest BCUT2D eigenvalue weighted by molar-refractivity contribution is 0.0689. The molecular weight excluding hydrogens is 235 g/mol. The first-order chi connectivity index (χ1) is 8.51. The van der Waals surface area contributed by atoms with E-state index < -0.39 is 5.97 Å². The Balaban J connectivity index is 2.54. The summed E-state index contributed by atoms with van der Waals surface area (Å²) in [7, 11) is 1.64. The minimum atomic E-state index is -1.09. The van der Waals surface area contributed by atoms with Gasteiger partial charge in [0, 0.05) is 12.6 Å². The van der Waals surface area contributed by atoms with E-state index in [0.29, 0.717) is 17.7 Å². The third kappa shape index (κ3) is 2.25. The Labute approximate surface area is 104 Å². The SMILES string of the molecule is CCc1cc(F)cc(-c2cc(C(=O)O)nn2C)c1. The molecule has 5 heteroatoms. The zero-order chi connectivity index (χ0) is 13.3. The summed E-state index contributed by atoms with van der Waals surface area (Å²) in [6, 6.07) is 6.13. The van der Waals surface area contributed by atoms with Crippen LogP contribution in [0.5, 0.6) is 0 Å². The molecule has 2 aromatic rings. The first-order valence-electron chi connectivity index (χ1n) is 5.58. The van der Waals surface area contributed by atoms with Crippen LogP contribution in [-0.2, 0) is 13.5 Å². The van der Waals surface area contributed by atoms with E-state index >= 15 is 0 Å². The molecular formula is C13H13FN2O2. The lowest BCUT2D eigenvalue weighted by Crippen LogP contribution is -1.99. The molecule has 1 aromatic heterocycles. The number of aryl methyl sites for hydroxylation is 2. The van der Waals surface area contributed by atoms with E-state index in [0.717, 1.165) is 5.56 Å². The van der Waals surface area contributed by atoms with Gasteiger partial charge >= 0.3 is 5.97 Å². The van der Waals surface area contributed by atoms with Crippen LogP contribution in [0.1, 0.15) is 23.0 Å². The van der Waals surface area contributed by atoms with Gasteiger partial charge < -0.3 is 5.11 Å². The summed E-state index contributed by atoms with van der Waals surface area (Å²) in [4.78, 5) is 10.8. The van der Waals surface area contributed by atoms with Crippen LogP contribution in [0.3, 0.4) is 0 Å². The van der Waals surface area contributed by atoms with Crippen LogP contribution in [0.4, 0.5) is 4.39 Å². The average molecular weight is 248 g/mol. The number of halogens is 1. The van der Waals surface area contributed by atoms with Gasteiger partial charge in [-0.25, -0.2) is 9.18 Å². The van der Waals surface area contributed by atoms with Crippen LogP contribution in [-0.4, -0.2) is 20.9 Å². The van der Waals surface area contributed by atoms with Crippen molar-refractivity contribution in [3.8, 4) is 11.3 Å². The second kappa shape index (κ2) is 4.60. The fourth-order valence-electron chi connectivity index (χ4n) is 1.84. The van der Waals surface area contributed by atoms with E-state index in [1.807, 2.05) is 13.0 Å². The predicted molar refractivity (Wildman–Crippen MR) is 64.9 cm³/mol. The molecule has 0 bridgehead atoms. The van der Waals surface area contributed by atoms with E-state index in [1.165, 1.54) is 22.9 Å². The molecule has 0 aliphatic rings. The lowest BCUT2D eigenvalue weighted by atomic mass is 10.1. The highest BCUT2D eigenvalue weighted by Crippen LogP contribution is 2.23. The molecule has 4 nitrogen and oxygen atoms in total. The fraction of sp³-hybridized carbons (Fsp3) is 0.231. The third-order valence-electron chi connectivity index (χ3n) is 2.76. The Morgan fingerprint density at radius 1 is 1.39 bits per heavy atom. The molecule has 0 radical (unpaired) electrons. The minimum Gasteiger partial charge on any atom is -0.476 e. The number of hydrogen-bond acceptors (Lipinski definition) is 2. The van der Waals surface area contributed by atoms with Crippen molar-refractivity contribution in [1.82, 2.24) is 9.78 Å². The average Bonchev–Trinajstić information content (AvgIpc) is 2.70. The molecule has 1 N–H and O–H groups in total. The number of aromatic carboxylic acids is 1. The van der Waals surface area contributed by atoms with Crippen LogP contribution >= 0.6 is 0 Å². The second-order valence-corrected chi connectivity index (χ2v) is 4.05. The molecule has 0 unspecified atom stereocenters. The Morgan fingerprint density at radius 3 is 2.67 bits per heavy atom. The first kappa shape index (κ1) is 12.3. The molecule has 0 fully saturated rings. The zero-order valence-corrected chi connectivity index (χ0v) is 10.1. The molecule has 0 spiro atoms. The van der Waals surface area contributed by atoms with E-state index in [1.54, 1.807) is 7.05 Å². The first-order valence-corrected chi connectivity index (χ1v) is 5.58. The maximum absolute atomic E-state index is 13.5. The predicted octanol–water partition coefficient (Wildman–Crippen LogP) is 2.49. The summed E-state index contributed by atoms with van der Waals surface area (Å²) < 4.78 is 14.9. The van der Waals surface area contributed by atoms with Crippen LogP contribution in [0.2, 0.25) is 0 Å². The van der Waals surface area contributed by atoms with Crippen molar-refractivity contribution < 1.29 is 14.3 Å². The van der Waals surface area contributed by atoms with Crippen molar-refractivity contribution in [2.45, 2.75) is 13.3 Å². The van der Waals surface area contributed by atoms with Crippen molar-refractivity contribution in [2.75, 3.05) is 0 Å². The second-order valence-electron chi connectivity index (χ2n) is 4.05. The normalized spacial score (nSPS) is 10.6. The van der Waals surface area contributed by atoms with Gasteiger partial charge in [-0.05, 0) is 36.2 Å². The minimum absolute atomic E-state index is 0.0465.